The summed E-state index contributed by atoms with van der Waals surface area (Å²) in [4.78, 5) is 17.9. The lowest BCUT2D eigenvalue weighted by molar-refractivity contribution is -0.113. The van der Waals surface area contributed by atoms with Crippen LogP contribution in [0.2, 0.25) is 0 Å². The smallest absolute Gasteiger partial charge is 0.351 e. The molecule has 0 saturated carbocycles. The third kappa shape index (κ3) is 2.10. The minimum Gasteiger partial charge on any atom is -0.393 e. The number of aliphatic hydroxyl groups is 2. The second-order valence-corrected chi connectivity index (χ2v) is 4.52. The highest BCUT2D eigenvalue weighted by Gasteiger charge is 2.52. The first kappa shape index (κ1) is 14.3. The Morgan fingerprint density at radius 2 is 2.45 bits per heavy atom. The lowest BCUT2D eigenvalue weighted by Crippen LogP contribution is -2.37. The number of hydrogen-bond donors (Lipinski definition) is 3. The van der Waals surface area contributed by atoms with Gasteiger partial charge in [0.05, 0.1) is 6.61 Å². The van der Waals surface area contributed by atoms with E-state index >= 15 is 0 Å². The van der Waals surface area contributed by atoms with Gasteiger partial charge in [0.15, 0.2) is 12.0 Å². The van der Waals surface area contributed by atoms with E-state index < -0.39 is 36.3 Å². The van der Waals surface area contributed by atoms with Gasteiger partial charge in [-0.3, -0.25) is 4.57 Å². The van der Waals surface area contributed by atoms with E-state index in [0.717, 1.165) is 4.57 Å². The third-order valence-corrected chi connectivity index (χ3v) is 3.41. The molecule has 10 nitrogen and oxygen atoms in total. The van der Waals surface area contributed by atoms with E-state index in [9.17, 15) is 15.0 Å². The van der Waals surface area contributed by atoms with E-state index in [1.165, 1.54) is 12.3 Å². The molecule has 0 aromatic carbocycles. The number of aromatic nitrogens is 2. The van der Waals surface area contributed by atoms with Crippen molar-refractivity contribution in [2.45, 2.75) is 25.0 Å². The minimum atomic E-state index is -1.63. The van der Waals surface area contributed by atoms with Gasteiger partial charge in [0, 0.05) is 17.0 Å². The van der Waals surface area contributed by atoms with Gasteiger partial charge in [0.2, 0.25) is 0 Å². The molecule has 1 aromatic rings. The number of nitrogens with zero attached hydrogens (tertiary/aromatic N) is 5. The number of nitrogen functional groups attached to an aromatic ring is 1. The fourth-order valence-corrected chi connectivity index (χ4v) is 2.14. The molecule has 10 heteroatoms. The third-order valence-electron chi connectivity index (χ3n) is 3.41. The zero-order valence-corrected chi connectivity index (χ0v) is 10.6. The molecule has 0 spiro atoms. The van der Waals surface area contributed by atoms with Gasteiger partial charge in [0.25, 0.3) is 0 Å². The van der Waals surface area contributed by atoms with Crippen molar-refractivity contribution in [1.82, 2.24) is 9.55 Å². The van der Waals surface area contributed by atoms with E-state index in [2.05, 4.69) is 15.0 Å². The number of azide groups is 1. The van der Waals surface area contributed by atoms with Crippen LogP contribution in [-0.2, 0) is 4.74 Å². The van der Waals surface area contributed by atoms with Gasteiger partial charge in [-0.2, -0.15) is 4.98 Å². The van der Waals surface area contributed by atoms with Gasteiger partial charge in [-0.25, -0.2) is 4.79 Å². The molecule has 4 atom stereocenters. The van der Waals surface area contributed by atoms with Crippen molar-refractivity contribution in [1.29, 1.82) is 0 Å². The highest BCUT2D eigenvalue weighted by atomic mass is 16.6. The molecule has 1 fully saturated rings. The molecule has 1 aliphatic rings. The summed E-state index contributed by atoms with van der Waals surface area (Å²) in [6.07, 6.45) is -0.964. The minimum absolute atomic E-state index is 0.0373. The first-order chi connectivity index (χ1) is 9.45. The predicted molar refractivity (Wildman–Crippen MR) is 67.2 cm³/mol. The molecule has 1 aromatic heterocycles. The molecule has 0 amide bonds. The first-order valence-corrected chi connectivity index (χ1v) is 5.83. The molecular formula is C10H14N6O4. The summed E-state index contributed by atoms with van der Waals surface area (Å²) < 4.78 is 6.46. The normalized spacial score (nSPS) is 32.9. The first-order valence-electron chi connectivity index (χ1n) is 5.83. The Morgan fingerprint density at radius 1 is 1.75 bits per heavy atom. The zero-order chi connectivity index (χ0) is 14.9. The van der Waals surface area contributed by atoms with Crippen molar-refractivity contribution in [3.05, 3.63) is 33.2 Å². The van der Waals surface area contributed by atoms with E-state index in [1.54, 1.807) is 6.92 Å². The van der Waals surface area contributed by atoms with Gasteiger partial charge in [0.1, 0.15) is 11.9 Å². The Balaban J connectivity index is 2.45. The topological polar surface area (TPSA) is 159 Å². The van der Waals surface area contributed by atoms with E-state index in [-0.39, 0.29) is 5.82 Å². The van der Waals surface area contributed by atoms with Crippen LogP contribution in [0.4, 0.5) is 5.82 Å². The quantitative estimate of drug-likeness (QED) is 0.379. The van der Waals surface area contributed by atoms with Crippen LogP contribution in [0.5, 0.6) is 0 Å². The van der Waals surface area contributed by atoms with Crippen LogP contribution < -0.4 is 11.4 Å². The molecule has 1 aliphatic heterocycles. The monoisotopic (exact) mass is 282 g/mol. The maximum atomic E-state index is 11.8. The van der Waals surface area contributed by atoms with Crippen molar-refractivity contribution in [2.24, 2.45) is 11.0 Å². The van der Waals surface area contributed by atoms with Crippen LogP contribution in [0.15, 0.2) is 22.2 Å². The Hall–Kier alpha value is -2.13. The second-order valence-electron chi connectivity index (χ2n) is 4.52. The van der Waals surface area contributed by atoms with Crippen LogP contribution in [0, 0.1) is 5.92 Å². The average Bonchev–Trinajstić information content (AvgIpc) is 2.65. The Labute approximate surface area is 113 Å². The van der Waals surface area contributed by atoms with E-state index in [4.69, 9.17) is 16.0 Å². The molecular weight excluding hydrogens is 268 g/mol. The summed E-state index contributed by atoms with van der Waals surface area (Å²) in [5.74, 6) is -0.673. The lowest BCUT2D eigenvalue weighted by atomic mass is 9.96. The number of rotatable bonds is 3. The molecule has 2 heterocycles. The fourth-order valence-electron chi connectivity index (χ4n) is 2.14. The summed E-state index contributed by atoms with van der Waals surface area (Å²) in [6.45, 7) is 0.925. The van der Waals surface area contributed by atoms with Crippen molar-refractivity contribution in [3.63, 3.8) is 0 Å². The fraction of sp³-hybridized carbons (Fsp3) is 0.600. The standard InChI is InChI=1S/C10H14N6O4/c1-5-7(18)8(20-10(5,4-17)14-15-12)16-3-2-6(11)13-9(16)19/h2-3,5,7-8,17-18H,4H2,1H3,(H2,11,13,19)/t5-,7+,8+,10+/m0/s1. The molecule has 20 heavy (non-hydrogen) atoms. The molecule has 108 valence electrons. The van der Waals surface area contributed by atoms with Crippen molar-refractivity contribution >= 4 is 5.82 Å². The van der Waals surface area contributed by atoms with E-state index in [1.807, 2.05) is 0 Å². The molecule has 4 N–H and O–H groups in total. The Kier molecular flexibility index (Phi) is 3.64. The van der Waals surface area contributed by atoms with Gasteiger partial charge in [-0.05, 0) is 11.6 Å². The predicted octanol–water partition coefficient (Wildman–Crippen LogP) is -0.650. The molecule has 1 saturated heterocycles. The van der Waals surface area contributed by atoms with Gasteiger partial charge in [-0.1, -0.05) is 12.0 Å². The number of hydrogen-bond acceptors (Lipinski definition) is 7. The number of nitrogens with two attached hydrogens (primary N) is 1. The van der Waals surface area contributed by atoms with Crippen molar-refractivity contribution in [2.75, 3.05) is 12.3 Å². The summed E-state index contributed by atoms with van der Waals surface area (Å²) in [7, 11) is 0. The molecule has 0 radical (unpaired) electrons. The zero-order valence-electron chi connectivity index (χ0n) is 10.6. The highest BCUT2D eigenvalue weighted by Crippen LogP contribution is 2.41. The maximum Gasteiger partial charge on any atom is 0.351 e. The van der Waals surface area contributed by atoms with Gasteiger partial charge in [-0.15, -0.1) is 0 Å². The Bertz CT molecular complexity index is 612. The van der Waals surface area contributed by atoms with Crippen molar-refractivity contribution in [3.8, 4) is 0 Å². The number of aliphatic hydroxyl groups excluding tert-OH is 2. The van der Waals surface area contributed by atoms with Crippen LogP contribution in [0.1, 0.15) is 13.2 Å². The lowest BCUT2D eigenvalue weighted by Gasteiger charge is -2.24. The van der Waals surface area contributed by atoms with E-state index in [0.29, 0.717) is 0 Å². The van der Waals surface area contributed by atoms with Crippen LogP contribution in [0.25, 0.3) is 10.4 Å². The summed E-state index contributed by atoms with van der Waals surface area (Å²) in [6, 6.07) is 1.37. The highest BCUT2D eigenvalue weighted by molar-refractivity contribution is 5.23. The molecule has 0 unspecified atom stereocenters. The summed E-state index contributed by atoms with van der Waals surface area (Å²) >= 11 is 0. The van der Waals surface area contributed by atoms with Crippen LogP contribution in [0.3, 0.4) is 0 Å². The second kappa shape index (κ2) is 5.10. The van der Waals surface area contributed by atoms with Crippen LogP contribution in [-0.4, -0.2) is 38.2 Å². The van der Waals surface area contributed by atoms with Crippen molar-refractivity contribution < 1.29 is 14.9 Å². The number of ether oxygens (including phenoxy) is 1. The van der Waals surface area contributed by atoms with Crippen LogP contribution >= 0.6 is 0 Å². The summed E-state index contributed by atoms with van der Waals surface area (Å²) in [5.41, 5.74) is 11.6. The van der Waals surface area contributed by atoms with Gasteiger partial charge < -0.3 is 20.7 Å². The largest absolute Gasteiger partial charge is 0.393 e. The summed E-state index contributed by atoms with van der Waals surface area (Å²) in [5, 5.41) is 23.0. The number of anilines is 1. The molecule has 0 aliphatic carbocycles. The molecule has 0 bridgehead atoms. The SMILES string of the molecule is C[C@H]1[C@@H](O)[C@H](n2ccc(N)nc2=O)O[C@@]1(CO)N=[N+]=[N-]. The Morgan fingerprint density at radius 3 is 3.00 bits per heavy atom. The van der Waals surface area contributed by atoms with Gasteiger partial charge >= 0.3 is 5.69 Å². The molecule has 2 rings (SSSR count). The average molecular weight is 282 g/mol. The maximum absolute atomic E-state index is 11.8.